The van der Waals surface area contributed by atoms with E-state index in [0.29, 0.717) is 28.9 Å². The Balaban J connectivity index is 1.54. The van der Waals surface area contributed by atoms with Crippen LogP contribution in [0.2, 0.25) is 10.0 Å². The van der Waals surface area contributed by atoms with Crippen molar-refractivity contribution < 1.29 is 14.4 Å². The normalized spacial score (nSPS) is 18.0. The second kappa shape index (κ2) is 8.65. The molecule has 0 saturated carbocycles. The molecule has 0 bridgehead atoms. The molecular formula is C20H19Cl2N7O3. The zero-order chi connectivity index (χ0) is 23.0. The average Bonchev–Trinajstić information content (AvgIpc) is 3.31. The van der Waals surface area contributed by atoms with Crippen LogP contribution in [0.25, 0.3) is 11.0 Å². The maximum atomic E-state index is 12.9. The predicted molar refractivity (Wildman–Crippen MR) is 124 cm³/mol. The second-order valence-corrected chi connectivity index (χ2v) is 8.04. The van der Waals surface area contributed by atoms with E-state index < -0.39 is 18.1 Å². The SMILES string of the molecule is N=CN(C=N)c1cc(Cl)c(C(=O)N[C@H]2CN(c3cccc4c(N)noc34)C[C@@H]2O)c(Cl)c1. The Labute approximate surface area is 192 Å². The van der Waals surface area contributed by atoms with Crippen LogP contribution < -0.4 is 20.9 Å². The van der Waals surface area contributed by atoms with Gasteiger partial charge in [-0.15, -0.1) is 0 Å². The summed E-state index contributed by atoms with van der Waals surface area (Å²) in [6.45, 7) is 0.577. The van der Waals surface area contributed by atoms with Crippen molar-refractivity contribution in [2.75, 3.05) is 28.6 Å². The van der Waals surface area contributed by atoms with Gasteiger partial charge in [-0.05, 0) is 24.3 Å². The molecule has 1 aromatic heterocycles. The van der Waals surface area contributed by atoms with Crippen molar-refractivity contribution in [3.05, 3.63) is 45.9 Å². The van der Waals surface area contributed by atoms with Gasteiger partial charge in [-0.2, -0.15) is 0 Å². The number of aliphatic hydroxyl groups excluding tert-OH is 1. The Morgan fingerprint density at radius 3 is 2.62 bits per heavy atom. The maximum absolute atomic E-state index is 12.9. The van der Waals surface area contributed by atoms with E-state index >= 15 is 0 Å². The number of nitrogens with two attached hydrogens (primary N) is 1. The summed E-state index contributed by atoms with van der Waals surface area (Å²) in [4.78, 5) is 16.0. The van der Waals surface area contributed by atoms with Crippen molar-refractivity contribution in [1.29, 1.82) is 10.8 Å². The number of rotatable bonds is 6. The number of nitrogens with one attached hydrogen (secondary N) is 3. The average molecular weight is 476 g/mol. The zero-order valence-corrected chi connectivity index (χ0v) is 18.1. The molecule has 1 saturated heterocycles. The minimum Gasteiger partial charge on any atom is -0.389 e. The summed E-state index contributed by atoms with van der Waals surface area (Å²) < 4.78 is 5.34. The smallest absolute Gasteiger partial charge is 0.254 e. The van der Waals surface area contributed by atoms with Crippen LogP contribution in [-0.4, -0.2) is 54.1 Å². The summed E-state index contributed by atoms with van der Waals surface area (Å²) in [6.07, 6.45) is 0.986. The van der Waals surface area contributed by atoms with Gasteiger partial charge in [0.05, 0.1) is 57.2 Å². The molecule has 4 rings (SSSR count). The van der Waals surface area contributed by atoms with E-state index in [-0.39, 0.29) is 28.0 Å². The molecule has 3 aromatic rings. The van der Waals surface area contributed by atoms with Gasteiger partial charge in [0.2, 0.25) is 0 Å². The Morgan fingerprint density at radius 2 is 1.97 bits per heavy atom. The lowest BCUT2D eigenvalue weighted by molar-refractivity contribution is 0.0889. The van der Waals surface area contributed by atoms with Gasteiger partial charge in [-0.1, -0.05) is 34.4 Å². The number of aliphatic hydroxyl groups is 1. The number of β-amino-alcohol motifs (C(OH)–C–C–N with tert-alkyl or cyclic N) is 1. The summed E-state index contributed by atoms with van der Waals surface area (Å²) >= 11 is 12.6. The third-order valence-corrected chi connectivity index (χ3v) is 5.88. The Hall–Kier alpha value is -3.34. The molecule has 2 atom stereocenters. The van der Waals surface area contributed by atoms with Crippen molar-refractivity contribution in [1.82, 2.24) is 10.5 Å². The summed E-state index contributed by atoms with van der Waals surface area (Å²) in [5.74, 6) is -0.264. The monoisotopic (exact) mass is 475 g/mol. The van der Waals surface area contributed by atoms with Crippen molar-refractivity contribution >= 4 is 69.9 Å². The van der Waals surface area contributed by atoms with Crippen LogP contribution >= 0.6 is 23.2 Å². The van der Waals surface area contributed by atoms with Crippen LogP contribution in [0.5, 0.6) is 0 Å². The number of halogens is 2. The van der Waals surface area contributed by atoms with Crippen LogP contribution in [0.4, 0.5) is 17.2 Å². The number of nitrogens with zero attached hydrogens (tertiary/aromatic N) is 3. The first-order chi connectivity index (χ1) is 15.3. The number of carbonyl (C=O) groups excluding carboxylic acids is 1. The Morgan fingerprint density at radius 1 is 1.28 bits per heavy atom. The van der Waals surface area contributed by atoms with Crippen molar-refractivity contribution in [2.24, 2.45) is 0 Å². The van der Waals surface area contributed by atoms with Gasteiger partial charge < -0.3 is 25.6 Å². The third kappa shape index (κ3) is 3.83. The van der Waals surface area contributed by atoms with Crippen LogP contribution in [0.15, 0.2) is 34.9 Å². The fraction of sp³-hybridized carbons (Fsp3) is 0.200. The largest absolute Gasteiger partial charge is 0.389 e. The molecule has 1 aliphatic rings. The number of hydrogen-bond acceptors (Lipinski definition) is 8. The van der Waals surface area contributed by atoms with E-state index in [2.05, 4.69) is 10.5 Å². The highest BCUT2D eigenvalue weighted by Gasteiger charge is 2.35. The molecular weight excluding hydrogens is 457 g/mol. The lowest BCUT2D eigenvalue weighted by Gasteiger charge is -2.19. The molecule has 0 spiro atoms. The first-order valence-electron chi connectivity index (χ1n) is 9.50. The second-order valence-electron chi connectivity index (χ2n) is 7.22. The van der Waals surface area contributed by atoms with E-state index in [1.54, 1.807) is 6.07 Å². The van der Waals surface area contributed by atoms with Gasteiger partial charge in [0.15, 0.2) is 11.4 Å². The minimum absolute atomic E-state index is 0.0442. The summed E-state index contributed by atoms with van der Waals surface area (Å²) in [5.41, 5.74) is 7.45. The van der Waals surface area contributed by atoms with E-state index in [1.165, 1.54) is 17.0 Å². The molecule has 0 unspecified atom stereocenters. The number of carbonyl (C=O) groups is 1. The van der Waals surface area contributed by atoms with E-state index in [9.17, 15) is 9.90 Å². The molecule has 12 heteroatoms. The van der Waals surface area contributed by atoms with Gasteiger partial charge in [0, 0.05) is 13.1 Å². The van der Waals surface area contributed by atoms with Crippen molar-refractivity contribution in [3.63, 3.8) is 0 Å². The van der Waals surface area contributed by atoms with Crippen molar-refractivity contribution in [2.45, 2.75) is 12.1 Å². The number of para-hydroxylation sites is 1. The number of anilines is 3. The van der Waals surface area contributed by atoms with E-state index in [1.807, 2.05) is 17.0 Å². The van der Waals surface area contributed by atoms with E-state index in [0.717, 1.165) is 12.7 Å². The molecule has 1 amide bonds. The fourth-order valence-electron chi connectivity index (χ4n) is 3.69. The molecule has 0 radical (unpaired) electrons. The first kappa shape index (κ1) is 21.9. The Bertz CT molecular complexity index is 1180. The Kier molecular flexibility index (Phi) is 5.92. The minimum atomic E-state index is -0.849. The number of fused-ring (bicyclic) bond motifs is 1. The predicted octanol–water partition coefficient (Wildman–Crippen LogP) is 2.72. The first-order valence-corrected chi connectivity index (χ1v) is 10.3. The van der Waals surface area contributed by atoms with E-state index in [4.69, 9.17) is 44.3 Å². The zero-order valence-electron chi connectivity index (χ0n) is 16.5. The number of nitrogen functional groups attached to an aromatic ring is 1. The van der Waals surface area contributed by atoms with Gasteiger partial charge in [-0.3, -0.25) is 20.5 Å². The fourth-order valence-corrected chi connectivity index (χ4v) is 4.34. The van der Waals surface area contributed by atoms with Gasteiger partial charge in [0.25, 0.3) is 5.91 Å². The molecule has 166 valence electrons. The third-order valence-electron chi connectivity index (χ3n) is 5.28. The van der Waals surface area contributed by atoms with Crippen LogP contribution in [0.3, 0.4) is 0 Å². The quantitative estimate of drug-likeness (QED) is 0.271. The summed E-state index contributed by atoms with van der Waals surface area (Å²) in [7, 11) is 0. The van der Waals surface area contributed by atoms with Gasteiger partial charge in [0.1, 0.15) is 0 Å². The molecule has 2 heterocycles. The molecule has 1 fully saturated rings. The topological polar surface area (TPSA) is 156 Å². The maximum Gasteiger partial charge on any atom is 0.254 e. The number of benzene rings is 2. The molecule has 6 N–H and O–H groups in total. The molecule has 0 aliphatic carbocycles. The summed E-state index contributed by atoms with van der Waals surface area (Å²) in [6, 6.07) is 7.72. The van der Waals surface area contributed by atoms with Gasteiger partial charge in [-0.25, -0.2) is 0 Å². The standard InChI is InChI=1S/C20H19Cl2N7O3/c21-12-4-10(29(8-23)9-24)5-13(22)17(12)20(31)26-14-6-28(7-16(14)30)15-3-1-2-11-18(15)32-27-19(11)25/h1-5,8-9,14,16,23-24,30H,6-7H2,(H2,25,27)(H,26,31)/t14-,16-/m0/s1. The van der Waals surface area contributed by atoms with Gasteiger partial charge >= 0.3 is 0 Å². The lowest BCUT2D eigenvalue weighted by atomic mass is 10.1. The number of amides is 1. The highest BCUT2D eigenvalue weighted by Crippen LogP contribution is 2.33. The van der Waals surface area contributed by atoms with Crippen LogP contribution in [0.1, 0.15) is 10.4 Å². The summed E-state index contributed by atoms with van der Waals surface area (Å²) in [5, 5.41) is 32.6. The van der Waals surface area contributed by atoms with Crippen molar-refractivity contribution in [3.8, 4) is 0 Å². The highest BCUT2D eigenvalue weighted by molar-refractivity contribution is 6.40. The number of hydrogen-bond donors (Lipinski definition) is 5. The van der Waals surface area contributed by atoms with Crippen LogP contribution in [0, 0.1) is 10.8 Å². The molecule has 1 aliphatic heterocycles. The molecule has 2 aromatic carbocycles. The lowest BCUT2D eigenvalue weighted by Crippen LogP contribution is -2.43. The highest BCUT2D eigenvalue weighted by atomic mass is 35.5. The van der Waals surface area contributed by atoms with Crippen LogP contribution in [-0.2, 0) is 0 Å². The molecule has 32 heavy (non-hydrogen) atoms. The molecule has 10 nitrogen and oxygen atoms in total. The number of aromatic nitrogens is 1.